The number of para-hydroxylation sites is 1. The summed E-state index contributed by atoms with van der Waals surface area (Å²) in [4.78, 5) is 29.7. The van der Waals surface area contributed by atoms with E-state index >= 15 is 0 Å². The Hall–Kier alpha value is -3.39. The number of rotatable bonds is 5. The summed E-state index contributed by atoms with van der Waals surface area (Å²) in [5.74, 6) is -1.10. The number of hydrogen-bond donors (Lipinski definition) is 1. The van der Waals surface area contributed by atoms with Gasteiger partial charge in [0.15, 0.2) is 5.52 Å². The second-order valence-corrected chi connectivity index (χ2v) is 8.00. The Morgan fingerprint density at radius 1 is 1.17 bits per heavy atom. The highest BCUT2D eigenvalue weighted by Crippen LogP contribution is 2.29. The molecule has 0 aliphatic heterocycles. The number of nitrogens with zero attached hydrogens (tertiary/aromatic N) is 3. The quantitative estimate of drug-likeness (QED) is 0.524. The lowest BCUT2D eigenvalue weighted by Crippen LogP contribution is -2.30. The lowest BCUT2D eigenvalue weighted by molar-refractivity contribution is -0.117. The molecule has 1 N–H and O–H groups in total. The summed E-state index contributed by atoms with van der Waals surface area (Å²) in [6.07, 6.45) is 0.915. The van der Waals surface area contributed by atoms with Crippen LogP contribution in [0, 0.1) is 12.7 Å². The largest absolute Gasteiger partial charge is 0.322 e. The van der Waals surface area contributed by atoms with Crippen LogP contribution in [0.1, 0.15) is 17.5 Å². The predicted octanol–water partition coefficient (Wildman–Crippen LogP) is 4.17. The minimum atomic E-state index is -0.548. The molecule has 0 unspecified atom stereocenters. The van der Waals surface area contributed by atoms with Crippen molar-refractivity contribution in [3.8, 4) is 11.3 Å². The first kappa shape index (κ1) is 19.9. The molecule has 8 heteroatoms. The van der Waals surface area contributed by atoms with Gasteiger partial charge < -0.3 is 5.32 Å². The first-order valence-electron chi connectivity index (χ1n) is 9.48. The molecule has 1 amide bonds. The number of aryl methyl sites for hydroxylation is 2. The summed E-state index contributed by atoms with van der Waals surface area (Å²) < 4.78 is 15.6. The zero-order valence-corrected chi connectivity index (χ0v) is 17.3. The van der Waals surface area contributed by atoms with Gasteiger partial charge in [0, 0.05) is 5.56 Å². The predicted molar refractivity (Wildman–Crippen MR) is 116 cm³/mol. The highest BCUT2D eigenvalue weighted by molar-refractivity contribution is 7.19. The highest BCUT2D eigenvalue weighted by atomic mass is 32.1. The van der Waals surface area contributed by atoms with Crippen LogP contribution < -0.4 is 10.9 Å². The van der Waals surface area contributed by atoms with E-state index < -0.39 is 17.3 Å². The van der Waals surface area contributed by atoms with E-state index in [0.29, 0.717) is 10.4 Å². The van der Waals surface area contributed by atoms with Crippen molar-refractivity contribution in [3.05, 3.63) is 75.3 Å². The van der Waals surface area contributed by atoms with Gasteiger partial charge in [-0.1, -0.05) is 43.3 Å². The Bertz CT molecular complexity index is 1290. The van der Waals surface area contributed by atoms with Gasteiger partial charge in [-0.05, 0) is 31.0 Å². The fourth-order valence-corrected chi connectivity index (χ4v) is 4.07. The number of carbonyl (C=O) groups excluding carboxylic acids is 1. The van der Waals surface area contributed by atoms with Crippen molar-refractivity contribution in [2.24, 2.45) is 0 Å². The molecule has 0 saturated heterocycles. The first-order chi connectivity index (χ1) is 14.5. The molecule has 2 aromatic heterocycles. The topological polar surface area (TPSA) is 76.9 Å². The highest BCUT2D eigenvalue weighted by Gasteiger charge is 2.18. The van der Waals surface area contributed by atoms with E-state index in [0.717, 1.165) is 21.7 Å². The summed E-state index contributed by atoms with van der Waals surface area (Å²) in [5.41, 5.74) is 2.50. The van der Waals surface area contributed by atoms with E-state index in [1.165, 1.54) is 35.1 Å². The lowest BCUT2D eigenvalue weighted by Gasteiger charge is -2.10. The van der Waals surface area contributed by atoms with Crippen LogP contribution in [0.4, 0.5) is 10.1 Å². The van der Waals surface area contributed by atoms with Gasteiger partial charge in [-0.25, -0.2) is 14.1 Å². The molecule has 2 aromatic carbocycles. The summed E-state index contributed by atoms with van der Waals surface area (Å²) in [6.45, 7) is 3.55. The first-order valence-corrected chi connectivity index (χ1v) is 10.3. The van der Waals surface area contributed by atoms with Crippen molar-refractivity contribution in [3.63, 3.8) is 0 Å². The molecule has 0 fully saturated rings. The van der Waals surface area contributed by atoms with Crippen LogP contribution in [0.3, 0.4) is 0 Å². The third kappa shape index (κ3) is 3.86. The Balaban J connectivity index is 1.74. The van der Waals surface area contributed by atoms with Crippen LogP contribution in [0.2, 0.25) is 0 Å². The molecule has 0 bridgehead atoms. The van der Waals surface area contributed by atoms with Gasteiger partial charge in [0.1, 0.15) is 18.1 Å². The minimum absolute atomic E-state index is 0.0523. The Morgan fingerprint density at radius 2 is 1.90 bits per heavy atom. The molecule has 30 heavy (non-hydrogen) atoms. The average molecular weight is 422 g/mol. The van der Waals surface area contributed by atoms with Crippen LogP contribution in [0.25, 0.3) is 21.5 Å². The van der Waals surface area contributed by atoms with Crippen LogP contribution in [0.15, 0.2) is 53.3 Å². The van der Waals surface area contributed by atoms with Crippen LogP contribution in [0.5, 0.6) is 0 Å². The van der Waals surface area contributed by atoms with Gasteiger partial charge >= 0.3 is 0 Å². The van der Waals surface area contributed by atoms with Crippen molar-refractivity contribution in [2.45, 2.75) is 26.8 Å². The molecule has 0 radical (unpaired) electrons. The molecule has 0 saturated carbocycles. The van der Waals surface area contributed by atoms with E-state index in [2.05, 4.69) is 22.3 Å². The Morgan fingerprint density at radius 3 is 2.60 bits per heavy atom. The molecule has 0 atom stereocenters. The van der Waals surface area contributed by atoms with Crippen molar-refractivity contribution in [1.82, 2.24) is 14.8 Å². The summed E-state index contributed by atoms with van der Waals surface area (Å²) >= 11 is 1.39. The van der Waals surface area contributed by atoms with Crippen molar-refractivity contribution < 1.29 is 9.18 Å². The van der Waals surface area contributed by atoms with Gasteiger partial charge in [-0.3, -0.25) is 9.59 Å². The van der Waals surface area contributed by atoms with Crippen LogP contribution >= 0.6 is 11.3 Å². The molecule has 6 nitrogen and oxygen atoms in total. The lowest BCUT2D eigenvalue weighted by atomic mass is 10.1. The van der Waals surface area contributed by atoms with Crippen molar-refractivity contribution in [1.29, 1.82) is 0 Å². The number of fused-ring (bicyclic) bond motifs is 1. The van der Waals surface area contributed by atoms with E-state index in [1.54, 1.807) is 6.07 Å². The molecule has 152 valence electrons. The second kappa shape index (κ2) is 8.16. The zero-order valence-electron chi connectivity index (χ0n) is 16.5. The van der Waals surface area contributed by atoms with Crippen LogP contribution in [-0.2, 0) is 17.8 Å². The standard InChI is InChI=1S/C22H19FN4O2S/c1-3-14-8-10-15(11-9-14)19-21-20(24-13(2)30-21)22(29)27(26-19)12-18(28)25-17-7-5-4-6-16(17)23/h4-11H,3,12H2,1-2H3,(H,25,28). The molecule has 0 aliphatic rings. The molecular formula is C22H19FN4O2S. The zero-order chi connectivity index (χ0) is 21.3. The number of nitrogens with one attached hydrogen (secondary N) is 1. The van der Waals surface area contributed by atoms with Gasteiger partial charge in [-0.15, -0.1) is 11.3 Å². The van der Waals surface area contributed by atoms with Gasteiger partial charge in [0.25, 0.3) is 5.56 Å². The van der Waals surface area contributed by atoms with E-state index in [-0.39, 0.29) is 17.7 Å². The van der Waals surface area contributed by atoms with Crippen molar-refractivity contribution in [2.75, 3.05) is 5.32 Å². The minimum Gasteiger partial charge on any atom is -0.322 e. The fraction of sp³-hybridized carbons (Fsp3) is 0.182. The maximum atomic E-state index is 13.8. The Labute approximate surface area is 176 Å². The van der Waals surface area contributed by atoms with E-state index in [4.69, 9.17) is 0 Å². The molecule has 0 spiro atoms. The smallest absolute Gasteiger partial charge is 0.294 e. The normalized spacial score (nSPS) is 11.0. The average Bonchev–Trinajstić information content (AvgIpc) is 3.14. The monoisotopic (exact) mass is 422 g/mol. The third-order valence-electron chi connectivity index (χ3n) is 4.68. The number of benzene rings is 2. The van der Waals surface area contributed by atoms with E-state index in [1.807, 2.05) is 31.2 Å². The number of amides is 1. The maximum absolute atomic E-state index is 13.8. The summed E-state index contributed by atoms with van der Waals surface area (Å²) in [6, 6.07) is 13.8. The summed E-state index contributed by atoms with van der Waals surface area (Å²) in [7, 11) is 0. The molecule has 4 aromatic rings. The number of anilines is 1. The third-order valence-corrected chi connectivity index (χ3v) is 5.66. The fourth-order valence-electron chi connectivity index (χ4n) is 3.15. The molecule has 4 rings (SSSR count). The van der Waals surface area contributed by atoms with Crippen LogP contribution in [-0.4, -0.2) is 20.7 Å². The Kier molecular flexibility index (Phi) is 5.41. The van der Waals surface area contributed by atoms with Gasteiger partial charge in [0.2, 0.25) is 5.91 Å². The molecule has 0 aliphatic carbocycles. The maximum Gasteiger partial charge on any atom is 0.294 e. The van der Waals surface area contributed by atoms with Gasteiger partial charge in [-0.2, -0.15) is 5.10 Å². The molecule has 2 heterocycles. The van der Waals surface area contributed by atoms with Crippen molar-refractivity contribution >= 4 is 33.1 Å². The molecular weight excluding hydrogens is 403 g/mol. The number of hydrogen-bond acceptors (Lipinski definition) is 5. The number of carbonyl (C=O) groups is 1. The number of thiazole rings is 1. The van der Waals surface area contributed by atoms with E-state index in [9.17, 15) is 14.0 Å². The number of halogens is 1. The number of aromatic nitrogens is 3. The SMILES string of the molecule is CCc1ccc(-c2nn(CC(=O)Nc3ccccc3F)c(=O)c3nc(C)sc23)cc1. The summed E-state index contributed by atoms with van der Waals surface area (Å²) in [5, 5.41) is 7.69. The van der Waals surface area contributed by atoms with Gasteiger partial charge in [0.05, 0.1) is 15.4 Å². The second-order valence-electron chi connectivity index (χ2n) is 6.80.